The summed E-state index contributed by atoms with van der Waals surface area (Å²) in [4.78, 5) is 15.3. The normalized spacial score (nSPS) is 18.6. The number of rotatable bonds is 0. The maximum atomic E-state index is 11.5. The van der Waals surface area contributed by atoms with E-state index in [9.17, 15) is 13.2 Å². The average molecular weight is 213 g/mol. The molecule has 0 atom stereocenters. The molecule has 2 heterocycles. The molecule has 0 aliphatic carbocycles. The van der Waals surface area contributed by atoms with Crippen LogP contribution < -0.4 is 4.72 Å². The first-order chi connectivity index (χ1) is 6.52. The van der Waals surface area contributed by atoms with Gasteiger partial charge in [-0.15, -0.1) is 0 Å². The Labute approximate surface area is 80.7 Å². The van der Waals surface area contributed by atoms with E-state index in [-0.39, 0.29) is 11.4 Å². The molecule has 1 aromatic heterocycles. The van der Waals surface area contributed by atoms with Crippen LogP contribution in [-0.4, -0.2) is 30.7 Å². The van der Waals surface area contributed by atoms with Crippen LogP contribution in [0, 0.1) is 0 Å². The van der Waals surface area contributed by atoms with Crippen molar-refractivity contribution in [2.24, 2.45) is 0 Å². The molecule has 14 heavy (non-hydrogen) atoms. The molecule has 0 radical (unpaired) electrons. The summed E-state index contributed by atoms with van der Waals surface area (Å²) in [5.41, 5.74) is 0.254. The van der Waals surface area contributed by atoms with Gasteiger partial charge in [0.2, 0.25) is 0 Å². The third kappa shape index (κ3) is 1.13. The number of nitrogens with one attached hydrogen (secondary N) is 1. The molecular formula is C7H7N3O3S. The van der Waals surface area contributed by atoms with Crippen molar-refractivity contribution in [3.63, 3.8) is 0 Å². The fourth-order valence-corrected chi connectivity index (χ4v) is 1.99. The number of aromatic nitrogens is 1. The van der Waals surface area contributed by atoms with Crippen LogP contribution in [0.1, 0.15) is 10.4 Å². The fraction of sp³-hybridized carbons (Fsp3) is 0.143. The Kier molecular flexibility index (Phi) is 1.71. The predicted octanol–water partition coefficient (Wildman–Crippen LogP) is -0.176. The standard InChI is InChI=1S/C7H7N3O3S/c1-10-7(11)5-3-2-4-8-6(5)9-14(10,12)13/h2-4H,1H3,(H,8,9). The van der Waals surface area contributed by atoms with Gasteiger partial charge in [0.15, 0.2) is 5.82 Å². The summed E-state index contributed by atoms with van der Waals surface area (Å²) in [6, 6.07) is 3.09. The van der Waals surface area contributed by atoms with Gasteiger partial charge in [-0.1, -0.05) is 0 Å². The summed E-state index contributed by atoms with van der Waals surface area (Å²) >= 11 is 0. The van der Waals surface area contributed by atoms with Crippen molar-refractivity contribution in [1.82, 2.24) is 9.29 Å². The number of pyridine rings is 1. The summed E-state index contributed by atoms with van der Waals surface area (Å²) in [5.74, 6) is -0.498. The van der Waals surface area contributed by atoms with Gasteiger partial charge in [-0.3, -0.25) is 4.79 Å². The number of fused-ring (bicyclic) bond motifs is 1. The van der Waals surface area contributed by atoms with Gasteiger partial charge in [0.1, 0.15) is 0 Å². The quantitative estimate of drug-likeness (QED) is 0.648. The molecule has 7 heteroatoms. The van der Waals surface area contributed by atoms with E-state index in [4.69, 9.17) is 0 Å². The van der Waals surface area contributed by atoms with Gasteiger partial charge in [-0.05, 0) is 12.1 Å². The third-order valence-corrected chi connectivity index (χ3v) is 3.25. The van der Waals surface area contributed by atoms with Gasteiger partial charge in [-0.2, -0.15) is 8.42 Å². The predicted molar refractivity (Wildman–Crippen MR) is 48.9 cm³/mol. The summed E-state index contributed by atoms with van der Waals surface area (Å²) in [6.07, 6.45) is 1.42. The van der Waals surface area contributed by atoms with Crippen LogP contribution in [0.5, 0.6) is 0 Å². The average Bonchev–Trinajstić information content (AvgIpc) is 2.14. The van der Waals surface area contributed by atoms with Crippen LogP contribution in [0.4, 0.5) is 5.82 Å². The van der Waals surface area contributed by atoms with Gasteiger partial charge in [0, 0.05) is 13.2 Å². The highest BCUT2D eigenvalue weighted by atomic mass is 32.2. The van der Waals surface area contributed by atoms with E-state index in [0.29, 0.717) is 4.31 Å². The molecule has 0 aromatic carbocycles. The Bertz CT molecular complexity index is 497. The third-order valence-electron chi connectivity index (χ3n) is 1.91. The van der Waals surface area contributed by atoms with Crippen molar-refractivity contribution in [1.29, 1.82) is 0 Å². The van der Waals surface area contributed by atoms with Gasteiger partial charge in [0.05, 0.1) is 5.56 Å². The second-order valence-electron chi connectivity index (χ2n) is 2.78. The topological polar surface area (TPSA) is 79.4 Å². The largest absolute Gasteiger partial charge is 0.327 e. The second kappa shape index (κ2) is 2.68. The first-order valence-corrected chi connectivity index (χ1v) is 5.22. The van der Waals surface area contributed by atoms with E-state index < -0.39 is 16.1 Å². The maximum absolute atomic E-state index is 11.5. The van der Waals surface area contributed by atoms with E-state index in [0.717, 1.165) is 0 Å². The minimum atomic E-state index is -3.75. The Hall–Kier alpha value is -1.63. The van der Waals surface area contributed by atoms with Crippen molar-refractivity contribution >= 4 is 21.9 Å². The highest BCUT2D eigenvalue weighted by molar-refractivity contribution is 7.91. The van der Waals surface area contributed by atoms with Crippen molar-refractivity contribution in [3.05, 3.63) is 23.9 Å². The lowest BCUT2D eigenvalue weighted by molar-refractivity contribution is 0.0881. The Morgan fingerprint density at radius 2 is 2.21 bits per heavy atom. The van der Waals surface area contributed by atoms with Crippen LogP contribution in [0.3, 0.4) is 0 Å². The lowest BCUT2D eigenvalue weighted by Gasteiger charge is -2.24. The van der Waals surface area contributed by atoms with Crippen molar-refractivity contribution < 1.29 is 13.2 Å². The molecule has 1 aliphatic heterocycles. The SMILES string of the molecule is CN1C(=O)c2cccnc2NS1(=O)=O. The first-order valence-electron chi connectivity index (χ1n) is 3.78. The molecule has 0 bridgehead atoms. The lowest BCUT2D eigenvalue weighted by Crippen LogP contribution is -2.42. The molecule has 2 rings (SSSR count). The minimum Gasteiger partial charge on any atom is -0.268 e. The van der Waals surface area contributed by atoms with E-state index in [1.54, 1.807) is 6.07 Å². The van der Waals surface area contributed by atoms with E-state index in [1.165, 1.54) is 19.3 Å². The van der Waals surface area contributed by atoms with Crippen molar-refractivity contribution in [2.75, 3.05) is 11.8 Å². The molecular weight excluding hydrogens is 206 g/mol. The fourth-order valence-electron chi connectivity index (χ4n) is 1.13. The van der Waals surface area contributed by atoms with Crippen molar-refractivity contribution in [3.8, 4) is 0 Å². The molecule has 0 spiro atoms. The molecule has 0 unspecified atom stereocenters. The smallest absolute Gasteiger partial charge is 0.268 e. The zero-order valence-electron chi connectivity index (χ0n) is 7.26. The highest BCUT2D eigenvalue weighted by Gasteiger charge is 2.32. The number of anilines is 1. The summed E-state index contributed by atoms with van der Waals surface area (Å²) in [5, 5.41) is 0. The number of carbonyl (C=O) groups is 1. The molecule has 74 valence electrons. The molecule has 6 nitrogen and oxygen atoms in total. The van der Waals surface area contributed by atoms with Crippen LogP contribution in [0.25, 0.3) is 0 Å². The summed E-state index contributed by atoms with van der Waals surface area (Å²) < 4.78 is 25.4. The van der Waals surface area contributed by atoms with Crippen LogP contribution in [0.15, 0.2) is 18.3 Å². The van der Waals surface area contributed by atoms with Gasteiger partial charge in [-0.25, -0.2) is 14.0 Å². The number of hydrogen-bond acceptors (Lipinski definition) is 4. The van der Waals surface area contributed by atoms with Crippen LogP contribution >= 0.6 is 0 Å². The molecule has 0 saturated heterocycles. The van der Waals surface area contributed by atoms with Crippen LogP contribution in [0.2, 0.25) is 0 Å². The number of carbonyl (C=O) groups excluding carboxylic acids is 1. The molecule has 0 saturated carbocycles. The zero-order valence-corrected chi connectivity index (χ0v) is 8.08. The molecule has 1 aromatic rings. The lowest BCUT2D eigenvalue weighted by atomic mass is 10.2. The number of hydrogen-bond donors (Lipinski definition) is 1. The number of nitrogens with zero attached hydrogens (tertiary/aromatic N) is 2. The Balaban J connectivity index is 2.65. The molecule has 1 amide bonds. The highest BCUT2D eigenvalue weighted by Crippen LogP contribution is 2.21. The van der Waals surface area contributed by atoms with Gasteiger partial charge in [0.25, 0.3) is 5.91 Å². The summed E-state index contributed by atoms with van der Waals surface area (Å²) in [7, 11) is -2.56. The Morgan fingerprint density at radius 1 is 1.50 bits per heavy atom. The second-order valence-corrected chi connectivity index (χ2v) is 4.48. The van der Waals surface area contributed by atoms with E-state index in [2.05, 4.69) is 9.71 Å². The van der Waals surface area contributed by atoms with Gasteiger partial charge >= 0.3 is 10.2 Å². The summed E-state index contributed by atoms with van der Waals surface area (Å²) in [6.45, 7) is 0. The zero-order chi connectivity index (χ0) is 10.3. The van der Waals surface area contributed by atoms with Gasteiger partial charge < -0.3 is 0 Å². The van der Waals surface area contributed by atoms with E-state index >= 15 is 0 Å². The van der Waals surface area contributed by atoms with Crippen LogP contribution in [-0.2, 0) is 10.2 Å². The maximum Gasteiger partial charge on any atom is 0.327 e. The first kappa shape index (κ1) is 8.95. The minimum absolute atomic E-state index is 0.0793. The molecule has 0 fully saturated rings. The molecule has 1 N–H and O–H groups in total. The molecule has 1 aliphatic rings. The number of amides is 1. The monoisotopic (exact) mass is 213 g/mol. The van der Waals surface area contributed by atoms with E-state index in [1.807, 2.05) is 0 Å². The Morgan fingerprint density at radius 3 is 2.93 bits per heavy atom. The van der Waals surface area contributed by atoms with Crippen molar-refractivity contribution in [2.45, 2.75) is 0 Å².